The molecule has 2 N–H and O–H groups in total. The van der Waals surface area contributed by atoms with E-state index in [-0.39, 0.29) is 5.91 Å². The van der Waals surface area contributed by atoms with Gasteiger partial charge in [0.1, 0.15) is 5.75 Å². The number of amides is 1. The van der Waals surface area contributed by atoms with Crippen LogP contribution >= 0.6 is 11.8 Å². The molecule has 1 atom stereocenters. The van der Waals surface area contributed by atoms with Gasteiger partial charge in [0, 0.05) is 30.5 Å². The molecule has 104 valence electrons. The summed E-state index contributed by atoms with van der Waals surface area (Å²) in [5.41, 5.74) is 1.75. The fourth-order valence-corrected chi connectivity index (χ4v) is 3.24. The van der Waals surface area contributed by atoms with Crippen LogP contribution in [0.1, 0.15) is 19.8 Å². The van der Waals surface area contributed by atoms with Crippen molar-refractivity contribution in [3.05, 3.63) is 18.2 Å². The van der Waals surface area contributed by atoms with E-state index >= 15 is 0 Å². The first kappa shape index (κ1) is 14.1. The molecule has 1 aliphatic heterocycles. The summed E-state index contributed by atoms with van der Waals surface area (Å²) in [4.78, 5) is 11.1. The van der Waals surface area contributed by atoms with Gasteiger partial charge in [0.05, 0.1) is 12.8 Å². The molecular weight excluding hydrogens is 260 g/mol. The van der Waals surface area contributed by atoms with E-state index in [9.17, 15) is 4.79 Å². The van der Waals surface area contributed by atoms with Crippen LogP contribution in [0, 0.1) is 0 Å². The molecule has 1 aromatic carbocycles. The summed E-state index contributed by atoms with van der Waals surface area (Å²) in [6, 6.07) is 6.31. The molecule has 1 aromatic rings. The van der Waals surface area contributed by atoms with Crippen LogP contribution in [0.5, 0.6) is 5.75 Å². The number of methoxy groups -OCH3 is 1. The summed E-state index contributed by atoms with van der Waals surface area (Å²) in [7, 11) is 1.61. The Bertz CT molecular complexity index is 445. The minimum atomic E-state index is -0.0947. The van der Waals surface area contributed by atoms with Gasteiger partial charge in [0.25, 0.3) is 0 Å². The lowest BCUT2D eigenvalue weighted by molar-refractivity contribution is -0.114. The van der Waals surface area contributed by atoms with Gasteiger partial charge in [-0.3, -0.25) is 4.79 Å². The number of hydrogen-bond acceptors (Lipinski definition) is 4. The molecule has 0 aliphatic carbocycles. The highest BCUT2D eigenvalue weighted by Gasteiger charge is 2.14. The lowest BCUT2D eigenvalue weighted by Crippen LogP contribution is -2.25. The molecular formula is C14H20N2O2S. The molecule has 1 fully saturated rings. The zero-order valence-electron chi connectivity index (χ0n) is 11.4. The summed E-state index contributed by atoms with van der Waals surface area (Å²) in [6.07, 6.45) is 2.48. The molecule has 1 amide bonds. The van der Waals surface area contributed by atoms with Gasteiger partial charge in [-0.1, -0.05) is 0 Å². The third-order valence-electron chi connectivity index (χ3n) is 3.04. The second kappa shape index (κ2) is 6.70. The van der Waals surface area contributed by atoms with Crippen molar-refractivity contribution >= 4 is 29.0 Å². The van der Waals surface area contributed by atoms with Crippen LogP contribution in [0.25, 0.3) is 0 Å². The monoisotopic (exact) mass is 280 g/mol. The van der Waals surface area contributed by atoms with Gasteiger partial charge < -0.3 is 15.4 Å². The van der Waals surface area contributed by atoms with Crippen LogP contribution in [0.4, 0.5) is 11.4 Å². The maximum atomic E-state index is 11.1. The summed E-state index contributed by atoms with van der Waals surface area (Å²) in [6.45, 7) is 1.49. The topological polar surface area (TPSA) is 50.4 Å². The van der Waals surface area contributed by atoms with Crippen LogP contribution < -0.4 is 15.4 Å². The number of anilines is 2. The molecule has 1 heterocycles. The van der Waals surface area contributed by atoms with Crippen molar-refractivity contribution in [2.24, 2.45) is 0 Å². The first-order valence-electron chi connectivity index (χ1n) is 6.49. The fourth-order valence-electron chi connectivity index (χ4n) is 2.16. The predicted octanol–water partition coefficient (Wildman–Crippen LogP) is 2.96. The molecule has 19 heavy (non-hydrogen) atoms. The standard InChI is InChI=1S/C14H20N2O2S/c1-10(17)15-13-6-5-11(8-14(13)18-2)16-12-4-3-7-19-9-12/h5-6,8,12,16H,3-4,7,9H2,1-2H3,(H,15,17). The van der Waals surface area contributed by atoms with E-state index in [0.717, 1.165) is 11.4 Å². The smallest absolute Gasteiger partial charge is 0.221 e. The predicted molar refractivity (Wildman–Crippen MR) is 81.3 cm³/mol. The Hall–Kier alpha value is -1.36. The van der Waals surface area contributed by atoms with E-state index in [2.05, 4.69) is 10.6 Å². The summed E-state index contributed by atoms with van der Waals surface area (Å²) in [5.74, 6) is 3.00. The molecule has 0 spiro atoms. The third-order valence-corrected chi connectivity index (χ3v) is 4.26. The van der Waals surface area contributed by atoms with Gasteiger partial charge in [0.2, 0.25) is 5.91 Å². The van der Waals surface area contributed by atoms with Crippen molar-refractivity contribution in [3.63, 3.8) is 0 Å². The Kier molecular flexibility index (Phi) is 4.96. The van der Waals surface area contributed by atoms with Crippen molar-refractivity contribution in [2.45, 2.75) is 25.8 Å². The quantitative estimate of drug-likeness (QED) is 0.890. The van der Waals surface area contributed by atoms with Crippen molar-refractivity contribution in [1.82, 2.24) is 0 Å². The van der Waals surface area contributed by atoms with Crippen molar-refractivity contribution in [2.75, 3.05) is 29.2 Å². The second-order valence-corrected chi connectivity index (χ2v) is 5.80. The number of nitrogens with one attached hydrogen (secondary N) is 2. The SMILES string of the molecule is COc1cc(NC2CCCSC2)ccc1NC(C)=O. The highest BCUT2D eigenvalue weighted by atomic mass is 32.2. The maximum absolute atomic E-state index is 11.1. The van der Waals surface area contributed by atoms with Gasteiger partial charge in [-0.25, -0.2) is 0 Å². The minimum absolute atomic E-state index is 0.0947. The van der Waals surface area contributed by atoms with E-state index < -0.39 is 0 Å². The van der Waals surface area contributed by atoms with Crippen LogP contribution in [0.15, 0.2) is 18.2 Å². The van der Waals surface area contributed by atoms with E-state index in [1.807, 2.05) is 30.0 Å². The summed E-state index contributed by atoms with van der Waals surface area (Å²) < 4.78 is 5.32. The molecule has 0 radical (unpaired) electrons. The Balaban J connectivity index is 2.07. The maximum Gasteiger partial charge on any atom is 0.221 e. The lowest BCUT2D eigenvalue weighted by Gasteiger charge is -2.24. The highest BCUT2D eigenvalue weighted by Crippen LogP contribution is 2.29. The van der Waals surface area contributed by atoms with E-state index in [4.69, 9.17) is 4.74 Å². The van der Waals surface area contributed by atoms with Gasteiger partial charge >= 0.3 is 0 Å². The van der Waals surface area contributed by atoms with E-state index in [1.165, 1.54) is 25.5 Å². The largest absolute Gasteiger partial charge is 0.494 e. The average Bonchev–Trinajstić information content (AvgIpc) is 2.41. The Labute approximate surface area is 118 Å². The Morgan fingerprint density at radius 2 is 2.32 bits per heavy atom. The van der Waals surface area contributed by atoms with Crippen molar-refractivity contribution in [1.29, 1.82) is 0 Å². The molecule has 1 unspecified atom stereocenters. The first-order chi connectivity index (χ1) is 9.19. The Morgan fingerprint density at radius 1 is 1.47 bits per heavy atom. The zero-order valence-corrected chi connectivity index (χ0v) is 12.2. The number of carbonyl (C=O) groups excluding carboxylic acids is 1. The zero-order chi connectivity index (χ0) is 13.7. The molecule has 1 saturated heterocycles. The first-order valence-corrected chi connectivity index (χ1v) is 7.64. The number of benzene rings is 1. The van der Waals surface area contributed by atoms with Crippen LogP contribution in [0.3, 0.4) is 0 Å². The molecule has 2 rings (SSSR count). The Morgan fingerprint density at radius 3 is 2.95 bits per heavy atom. The van der Waals surface area contributed by atoms with Crippen LogP contribution in [0.2, 0.25) is 0 Å². The summed E-state index contributed by atoms with van der Waals surface area (Å²) in [5, 5.41) is 6.28. The molecule has 0 saturated carbocycles. The second-order valence-electron chi connectivity index (χ2n) is 4.65. The highest BCUT2D eigenvalue weighted by molar-refractivity contribution is 7.99. The minimum Gasteiger partial charge on any atom is -0.494 e. The van der Waals surface area contributed by atoms with E-state index in [0.29, 0.717) is 17.5 Å². The molecule has 5 heteroatoms. The average molecular weight is 280 g/mol. The van der Waals surface area contributed by atoms with Gasteiger partial charge in [0.15, 0.2) is 0 Å². The third kappa shape index (κ3) is 4.06. The number of thioether (sulfide) groups is 1. The van der Waals surface area contributed by atoms with Gasteiger partial charge in [-0.15, -0.1) is 0 Å². The van der Waals surface area contributed by atoms with Crippen molar-refractivity contribution < 1.29 is 9.53 Å². The number of hydrogen-bond donors (Lipinski definition) is 2. The number of carbonyl (C=O) groups is 1. The number of ether oxygens (including phenoxy) is 1. The molecule has 1 aliphatic rings. The lowest BCUT2D eigenvalue weighted by atomic mass is 10.1. The number of rotatable bonds is 4. The fraction of sp³-hybridized carbons (Fsp3) is 0.500. The molecule has 4 nitrogen and oxygen atoms in total. The van der Waals surface area contributed by atoms with Crippen molar-refractivity contribution in [3.8, 4) is 5.75 Å². The molecule has 0 bridgehead atoms. The molecule has 0 aromatic heterocycles. The summed E-state index contributed by atoms with van der Waals surface area (Å²) >= 11 is 1.99. The normalized spacial score (nSPS) is 18.7. The van der Waals surface area contributed by atoms with Gasteiger partial charge in [-0.05, 0) is 30.7 Å². The van der Waals surface area contributed by atoms with Gasteiger partial charge in [-0.2, -0.15) is 11.8 Å². The van der Waals surface area contributed by atoms with E-state index in [1.54, 1.807) is 7.11 Å². The van der Waals surface area contributed by atoms with Crippen LogP contribution in [-0.4, -0.2) is 30.6 Å². The van der Waals surface area contributed by atoms with Crippen LogP contribution in [-0.2, 0) is 4.79 Å².